The summed E-state index contributed by atoms with van der Waals surface area (Å²) < 4.78 is 0. The van der Waals surface area contributed by atoms with E-state index in [-0.39, 0.29) is 0 Å². The number of benzene rings is 20. The van der Waals surface area contributed by atoms with Crippen LogP contribution in [0.15, 0.2) is 364 Å². The molecule has 0 saturated heterocycles. The number of rotatable bonds is 8. The third-order valence-corrected chi connectivity index (χ3v) is 20.4. The maximum absolute atomic E-state index is 2.38. The van der Waals surface area contributed by atoms with Crippen molar-refractivity contribution in [2.24, 2.45) is 0 Å². The number of hydrogen-bond donors (Lipinski definition) is 0. The van der Waals surface area contributed by atoms with Crippen molar-refractivity contribution in [2.45, 2.75) is 0 Å². The summed E-state index contributed by atoms with van der Waals surface area (Å²) in [6, 6.07) is 134. The van der Waals surface area contributed by atoms with Gasteiger partial charge in [-0.15, -0.1) is 0 Å². The Morgan fingerprint density at radius 1 is 0.104 bits per heavy atom. The minimum absolute atomic E-state index is 1.23. The fourth-order valence-corrected chi connectivity index (χ4v) is 16.1. The third kappa shape index (κ3) is 8.99. The van der Waals surface area contributed by atoms with E-state index in [0.29, 0.717) is 0 Å². The van der Waals surface area contributed by atoms with Crippen molar-refractivity contribution in [1.29, 1.82) is 0 Å². The molecule has 0 saturated carbocycles. The maximum Gasteiger partial charge on any atom is -0.00201 e. The summed E-state index contributed by atoms with van der Waals surface area (Å²) in [5.41, 5.74) is 20.1. The summed E-state index contributed by atoms with van der Waals surface area (Å²) in [6.45, 7) is 0. The normalized spacial score (nSPS) is 11.8. The van der Waals surface area contributed by atoms with Crippen LogP contribution in [0.5, 0.6) is 0 Å². The van der Waals surface area contributed by atoms with Gasteiger partial charge in [0.2, 0.25) is 0 Å². The van der Waals surface area contributed by atoms with Crippen LogP contribution in [-0.4, -0.2) is 0 Å². The van der Waals surface area contributed by atoms with Crippen LogP contribution in [0.4, 0.5) is 0 Å². The van der Waals surface area contributed by atoms with Crippen LogP contribution < -0.4 is 0 Å². The molecule has 0 spiro atoms. The minimum Gasteiger partial charge on any atom is -0.0622 e. The van der Waals surface area contributed by atoms with Gasteiger partial charge in [0, 0.05) is 0 Å². The molecule has 20 aromatic carbocycles. The first-order valence-electron chi connectivity index (χ1n) is 33.4. The van der Waals surface area contributed by atoms with Gasteiger partial charge in [-0.2, -0.15) is 0 Å². The highest BCUT2D eigenvalue weighted by Crippen LogP contribution is 2.50. The molecule has 0 radical (unpaired) electrons. The molecule has 0 aliphatic rings. The highest BCUT2D eigenvalue weighted by Gasteiger charge is 2.23. The van der Waals surface area contributed by atoms with Crippen molar-refractivity contribution in [3.05, 3.63) is 364 Å². The molecule has 0 fully saturated rings. The summed E-state index contributed by atoms with van der Waals surface area (Å²) >= 11 is 0. The predicted octanol–water partition coefficient (Wildman–Crippen LogP) is 27.1. The molecule has 0 aromatic heterocycles. The summed E-state index contributed by atoms with van der Waals surface area (Å²) in [5.74, 6) is 0. The Balaban J connectivity index is 0.000000135. The molecule has 96 heavy (non-hydrogen) atoms. The first-order chi connectivity index (χ1) is 47.6. The summed E-state index contributed by atoms with van der Waals surface area (Å²) in [7, 11) is 0. The Hall–Kier alpha value is -12.5. The van der Waals surface area contributed by atoms with Crippen LogP contribution in [0.3, 0.4) is 0 Å². The zero-order chi connectivity index (χ0) is 63.2. The van der Waals surface area contributed by atoms with E-state index in [4.69, 9.17) is 0 Å². The molecule has 0 atom stereocenters. The zero-order valence-corrected chi connectivity index (χ0v) is 52.6. The fourth-order valence-electron chi connectivity index (χ4n) is 16.1. The number of hydrogen-bond acceptors (Lipinski definition) is 0. The van der Waals surface area contributed by atoms with Gasteiger partial charge in [-0.25, -0.2) is 0 Å². The first-order valence-corrected chi connectivity index (χ1v) is 33.4. The summed E-state index contributed by atoms with van der Waals surface area (Å²) in [6.07, 6.45) is 0. The Morgan fingerprint density at radius 3 is 0.771 bits per heavy atom. The maximum atomic E-state index is 2.38. The second-order valence-electron chi connectivity index (χ2n) is 25.6. The molecule has 0 aliphatic carbocycles. The molecule has 20 rings (SSSR count). The molecular weight excluding hydrogens is 1150 g/mol. The van der Waals surface area contributed by atoms with Crippen LogP contribution in [0.1, 0.15) is 0 Å². The van der Waals surface area contributed by atoms with Gasteiger partial charge in [-0.05, 0) is 227 Å². The lowest BCUT2D eigenvalue weighted by Crippen LogP contribution is -1.92. The van der Waals surface area contributed by atoms with Crippen molar-refractivity contribution >= 4 is 108 Å². The van der Waals surface area contributed by atoms with Crippen LogP contribution in [0.2, 0.25) is 0 Å². The van der Waals surface area contributed by atoms with Crippen molar-refractivity contribution in [2.75, 3.05) is 0 Å². The summed E-state index contributed by atoms with van der Waals surface area (Å²) in [5, 5.41) is 26.0. The quantitative estimate of drug-likeness (QED) is 0.105. The molecule has 0 aliphatic heterocycles. The van der Waals surface area contributed by atoms with Gasteiger partial charge in [-0.1, -0.05) is 334 Å². The van der Waals surface area contributed by atoms with Crippen molar-refractivity contribution in [1.82, 2.24) is 0 Å². The SMILES string of the molecule is c1ccc(-c2cccc(-c3ccc4c5cccc6c(-c7cc8ccccc8cc7-c7ccccc7)ccc(c7cccc3c47)c65)c2)cc1.c1ccc(-c2ccccc2-c2ccc3c4cccc5c(-c6cc7ccccc7cc6-c6ccccc6)ccc(c6cccc2c36)c54)cc1. The molecule has 0 amide bonds. The van der Waals surface area contributed by atoms with E-state index in [1.54, 1.807) is 0 Å². The molecule has 0 heterocycles. The van der Waals surface area contributed by atoms with Crippen LogP contribution >= 0.6 is 0 Å². The van der Waals surface area contributed by atoms with Gasteiger partial charge < -0.3 is 0 Å². The topological polar surface area (TPSA) is 0 Å². The van der Waals surface area contributed by atoms with Crippen LogP contribution in [-0.2, 0) is 0 Å². The molecule has 0 nitrogen and oxygen atoms in total. The number of fused-ring (bicyclic) bond motifs is 6. The predicted molar refractivity (Wildman–Crippen MR) is 414 cm³/mol. The standard InChI is InChI=1S/2C48H30/c1-3-12-31(13-4-1)33-18-9-19-36(28-33)37-24-26-43-42-23-11-21-40-38(25-27-44(48(40)42)41-22-10-20-39(37)47(41)43)46-30-35-17-8-7-16-34(35)29-45(46)32-14-5-2-6-15-32;1-3-13-31(14-4-1)35-19-9-10-20-36(35)37-25-27-43-42-24-12-22-40-38(26-28-44(48(40)42)41-23-11-21-39(37)47(41)43)46-30-34-18-8-7-17-33(34)29-45(46)32-15-5-2-6-16-32/h2*1-30H. The van der Waals surface area contributed by atoms with Crippen LogP contribution in [0.25, 0.3) is 197 Å². The highest BCUT2D eigenvalue weighted by atomic mass is 14.3. The van der Waals surface area contributed by atoms with E-state index in [2.05, 4.69) is 364 Å². The van der Waals surface area contributed by atoms with Crippen molar-refractivity contribution in [3.63, 3.8) is 0 Å². The van der Waals surface area contributed by atoms with Gasteiger partial charge in [-0.3, -0.25) is 0 Å². The first kappa shape index (κ1) is 55.2. The Bertz CT molecular complexity index is 6360. The van der Waals surface area contributed by atoms with E-state index >= 15 is 0 Å². The minimum atomic E-state index is 1.23. The average Bonchev–Trinajstić information content (AvgIpc) is 0.718. The second-order valence-corrected chi connectivity index (χ2v) is 25.6. The van der Waals surface area contributed by atoms with E-state index in [0.717, 1.165) is 0 Å². The zero-order valence-electron chi connectivity index (χ0n) is 52.6. The molecule has 0 unspecified atom stereocenters. The molecule has 0 N–H and O–H groups in total. The molecule has 0 bridgehead atoms. The van der Waals surface area contributed by atoms with Gasteiger partial charge in [0.1, 0.15) is 0 Å². The molecule has 20 aromatic rings. The van der Waals surface area contributed by atoms with Gasteiger partial charge >= 0.3 is 0 Å². The lowest BCUT2D eigenvalue weighted by atomic mass is 9.83. The molecule has 0 heteroatoms. The second kappa shape index (κ2) is 22.7. The average molecular weight is 1210 g/mol. The van der Waals surface area contributed by atoms with Gasteiger partial charge in [0.05, 0.1) is 0 Å². The van der Waals surface area contributed by atoms with Gasteiger partial charge in [0.25, 0.3) is 0 Å². The third-order valence-electron chi connectivity index (χ3n) is 20.4. The van der Waals surface area contributed by atoms with E-state index in [1.807, 2.05) is 0 Å². The Kier molecular flexibility index (Phi) is 13.0. The fraction of sp³-hybridized carbons (Fsp3) is 0. The van der Waals surface area contributed by atoms with E-state index in [1.165, 1.54) is 197 Å². The van der Waals surface area contributed by atoms with Crippen molar-refractivity contribution in [3.8, 4) is 89.0 Å². The van der Waals surface area contributed by atoms with Gasteiger partial charge in [0.15, 0.2) is 0 Å². The largest absolute Gasteiger partial charge is 0.0622 e. The lowest BCUT2D eigenvalue weighted by molar-refractivity contribution is 1.60. The van der Waals surface area contributed by atoms with Crippen LogP contribution in [0, 0.1) is 0 Å². The van der Waals surface area contributed by atoms with E-state index in [9.17, 15) is 0 Å². The van der Waals surface area contributed by atoms with E-state index < -0.39 is 0 Å². The van der Waals surface area contributed by atoms with Crippen molar-refractivity contribution < 1.29 is 0 Å². The Labute approximate surface area is 557 Å². The smallest absolute Gasteiger partial charge is 0.00201 e. The molecular formula is C96H60. The monoisotopic (exact) mass is 1210 g/mol. The summed E-state index contributed by atoms with van der Waals surface area (Å²) in [4.78, 5) is 0. The molecule has 444 valence electrons. The lowest BCUT2D eigenvalue weighted by Gasteiger charge is -2.20. The Morgan fingerprint density at radius 2 is 0.365 bits per heavy atom. The highest BCUT2D eigenvalue weighted by molar-refractivity contribution is 6.37.